The van der Waals surface area contributed by atoms with Crippen LogP contribution >= 0.6 is 0 Å². The van der Waals surface area contributed by atoms with Crippen LogP contribution in [0.4, 0.5) is 0 Å². The van der Waals surface area contributed by atoms with E-state index in [2.05, 4.69) is 15.0 Å². The number of H-pyrrole nitrogens is 1. The molecule has 0 saturated carbocycles. The van der Waals surface area contributed by atoms with Crippen LogP contribution in [0.3, 0.4) is 0 Å². The first-order valence-corrected chi connectivity index (χ1v) is 5.98. The van der Waals surface area contributed by atoms with E-state index in [1.165, 1.54) is 6.33 Å². The minimum atomic E-state index is -0.740. The van der Waals surface area contributed by atoms with Gasteiger partial charge in [-0.2, -0.15) is 0 Å². The summed E-state index contributed by atoms with van der Waals surface area (Å²) in [5, 5.41) is 18.8. The molecule has 3 heterocycles. The van der Waals surface area contributed by atoms with Gasteiger partial charge in [-0.15, -0.1) is 0 Å². The number of nitrogens with zero attached hydrogens (tertiary/aromatic N) is 3. The minimum absolute atomic E-state index is 0.233. The first-order chi connectivity index (χ1) is 9.10. The molecule has 2 aromatic heterocycles. The summed E-state index contributed by atoms with van der Waals surface area (Å²) in [7, 11) is 0. The number of nitrogens with one attached hydrogen (secondary N) is 1. The van der Waals surface area contributed by atoms with Crippen LogP contribution in [0.5, 0.6) is 0 Å². The van der Waals surface area contributed by atoms with Gasteiger partial charge >= 0.3 is 0 Å². The molecule has 8 nitrogen and oxygen atoms in total. The highest BCUT2D eigenvalue weighted by molar-refractivity contribution is 5.69. The summed E-state index contributed by atoms with van der Waals surface area (Å²) in [6.45, 7) is 1.43. The maximum atomic E-state index is 11.7. The van der Waals surface area contributed by atoms with Crippen molar-refractivity contribution < 1.29 is 14.9 Å². The van der Waals surface area contributed by atoms with Crippen molar-refractivity contribution in [2.75, 3.05) is 6.61 Å². The van der Waals surface area contributed by atoms with E-state index >= 15 is 0 Å². The van der Waals surface area contributed by atoms with Gasteiger partial charge in [-0.3, -0.25) is 9.36 Å². The molecular weight excluding hydrogens is 252 g/mol. The molecule has 0 spiro atoms. The number of hydrogen-bond donors (Lipinski definition) is 3. The van der Waals surface area contributed by atoms with Crippen molar-refractivity contribution in [3.63, 3.8) is 0 Å². The average molecular weight is 266 g/mol. The lowest BCUT2D eigenvalue weighted by Gasteiger charge is -2.13. The van der Waals surface area contributed by atoms with Gasteiger partial charge in [-0.1, -0.05) is 0 Å². The van der Waals surface area contributed by atoms with Crippen LogP contribution in [0.15, 0.2) is 11.1 Å². The van der Waals surface area contributed by atoms with Crippen molar-refractivity contribution in [3.05, 3.63) is 22.5 Å². The first kappa shape index (κ1) is 12.3. The van der Waals surface area contributed by atoms with Crippen molar-refractivity contribution in [2.45, 2.75) is 31.8 Å². The third kappa shape index (κ3) is 1.93. The fraction of sp³-hybridized carbons (Fsp3) is 0.545. The van der Waals surface area contributed by atoms with E-state index in [0.717, 1.165) is 0 Å². The number of aromatic nitrogens is 4. The molecule has 0 aromatic carbocycles. The second kappa shape index (κ2) is 4.41. The third-order valence-electron chi connectivity index (χ3n) is 3.25. The van der Waals surface area contributed by atoms with Gasteiger partial charge < -0.3 is 19.9 Å². The van der Waals surface area contributed by atoms with Gasteiger partial charge in [0.05, 0.1) is 19.0 Å². The molecule has 1 aliphatic rings. The monoisotopic (exact) mass is 266 g/mol. The lowest BCUT2D eigenvalue weighted by atomic mass is 10.2. The zero-order valence-corrected chi connectivity index (χ0v) is 10.3. The molecule has 3 N–H and O–H groups in total. The smallest absolute Gasteiger partial charge is 0.279 e. The van der Waals surface area contributed by atoms with Crippen LogP contribution < -0.4 is 5.56 Å². The lowest BCUT2D eigenvalue weighted by Crippen LogP contribution is -2.24. The van der Waals surface area contributed by atoms with Gasteiger partial charge in [0.2, 0.25) is 0 Å². The summed E-state index contributed by atoms with van der Waals surface area (Å²) in [6, 6.07) is 0. The molecule has 0 amide bonds. The summed E-state index contributed by atoms with van der Waals surface area (Å²) in [5.74, 6) is 0.483. The Bertz CT molecular complexity index is 664. The van der Waals surface area contributed by atoms with Gasteiger partial charge in [0.15, 0.2) is 11.2 Å². The number of ether oxygens (including phenoxy) is 1. The Morgan fingerprint density at radius 1 is 1.63 bits per heavy atom. The van der Waals surface area contributed by atoms with Gasteiger partial charge in [0.25, 0.3) is 5.56 Å². The van der Waals surface area contributed by atoms with Crippen molar-refractivity contribution in [2.24, 2.45) is 0 Å². The molecular formula is C11H14N4O4. The molecule has 0 radical (unpaired) electrons. The third-order valence-corrected chi connectivity index (χ3v) is 3.25. The van der Waals surface area contributed by atoms with Gasteiger partial charge in [0.1, 0.15) is 18.2 Å². The standard InChI is InChI=1S/C11H14N4O4/c1-5-13-10-9(11(18)14-5)12-4-15(10)8-2-6(17)7(3-16)19-8/h4,6-8,16-17H,2-3H2,1H3,(H,13,14,18)/t6-,7+,8?/m0/s1. The molecule has 8 heteroatoms. The van der Waals surface area contributed by atoms with Crippen LogP contribution in [0.2, 0.25) is 0 Å². The predicted molar refractivity (Wildman–Crippen MR) is 64.5 cm³/mol. The number of aryl methyl sites for hydroxylation is 1. The molecule has 19 heavy (non-hydrogen) atoms. The summed E-state index contributed by atoms with van der Waals surface area (Å²) in [5.41, 5.74) is 0.340. The van der Waals surface area contributed by atoms with E-state index in [-0.39, 0.29) is 17.7 Å². The fourth-order valence-corrected chi connectivity index (χ4v) is 2.30. The Balaban J connectivity index is 2.05. The molecule has 1 saturated heterocycles. The quantitative estimate of drug-likeness (QED) is 0.647. The van der Waals surface area contributed by atoms with E-state index in [1.807, 2.05) is 0 Å². The molecule has 102 valence electrons. The predicted octanol–water partition coefficient (Wildman–Crippen LogP) is -0.931. The minimum Gasteiger partial charge on any atom is -0.394 e. The number of hydrogen-bond acceptors (Lipinski definition) is 6. The van der Waals surface area contributed by atoms with Crippen molar-refractivity contribution in [3.8, 4) is 0 Å². The van der Waals surface area contributed by atoms with Gasteiger partial charge in [-0.25, -0.2) is 9.97 Å². The van der Waals surface area contributed by atoms with Crippen LogP contribution in [0, 0.1) is 6.92 Å². The van der Waals surface area contributed by atoms with Gasteiger partial charge in [0, 0.05) is 6.42 Å². The molecule has 3 atom stereocenters. The molecule has 1 fully saturated rings. The summed E-state index contributed by atoms with van der Waals surface area (Å²) in [6.07, 6.45) is -0.0554. The summed E-state index contributed by atoms with van der Waals surface area (Å²) in [4.78, 5) is 22.5. The molecule has 3 rings (SSSR count). The lowest BCUT2D eigenvalue weighted by molar-refractivity contribution is -0.0432. The number of aliphatic hydroxyl groups excluding tert-OH is 2. The molecule has 2 aromatic rings. The zero-order valence-electron chi connectivity index (χ0n) is 10.3. The number of imidazole rings is 1. The molecule has 0 aliphatic carbocycles. The highest BCUT2D eigenvalue weighted by atomic mass is 16.5. The Morgan fingerprint density at radius 2 is 2.42 bits per heavy atom. The Hall–Kier alpha value is -1.77. The second-order valence-corrected chi connectivity index (χ2v) is 4.59. The van der Waals surface area contributed by atoms with Crippen molar-refractivity contribution in [1.82, 2.24) is 19.5 Å². The Morgan fingerprint density at radius 3 is 3.11 bits per heavy atom. The van der Waals surface area contributed by atoms with E-state index in [4.69, 9.17) is 9.84 Å². The highest BCUT2D eigenvalue weighted by Crippen LogP contribution is 2.29. The maximum absolute atomic E-state index is 11.7. The number of fused-ring (bicyclic) bond motifs is 1. The first-order valence-electron chi connectivity index (χ1n) is 5.98. The maximum Gasteiger partial charge on any atom is 0.279 e. The fourth-order valence-electron chi connectivity index (χ4n) is 2.30. The van der Waals surface area contributed by atoms with Crippen LogP contribution in [0.1, 0.15) is 18.5 Å². The second-order valence-electron chi connectivity index (χ2n) is 4.59. The number of aliphatic hydroxyl groups is 2. The molecule has 0 bridgehead atoms. The largest absolute Gasteiger partial charge is 0.394 e. The molecule has 1 unspecified atom stereocenters. The van der Waals surface area contributed by atoms with Crippen LogP contribution in [-0.2, 0) is 4.74 Å². The van der Waals surface area contributed by atoms with Crippen molar-refractivity contribution in [1.29, 1.82) is 0 Å². The Kier molecular flexibility index (Phi) is 2.85. The topological polar surface area (TPSA) is 113 Å². The van der Waals surface area contributed by atoms with E-state index < -0.39 is 18.4 Å². The number of aromatic amines is 1. The van der Waals surface area contributed by atoms with Gasteiger partial charge in [-0.05, 0) is 6.92 Å². The van der Waals surface area contributed by atoms with Crippen LogP contribution in [0.25, 0.3) is 11.2 Å². The van der Waals surface area contributed by atoms with E-state index in [9.17, 15) is 9.90 Å². The van der Waals surface area contributed by atoms with Crippen LogP contribution in [-0.4, -0.2) is 48.5 Å². The summed E-state index contributed by atoms with van der Waals surface area (Å²) >= 11 is 0. The SMILES string of the molecule is Cc1nc2c(ncn2C2C[C@H](O)[C@@H](CO)O2)c(=O)[nH]1. The molecule has 1 aliphatic heterocycles. The summed E-state index contributed by atoms with van der Waals surface area (Å²) < 4.78 is 7.13. The zero-order chi connectivity index (χ0) is 13.6. The normalized spacial score (nSPS) is 27.2. The number of rotatable bonds is 2. The average Bonchev–Trinajstić information content (AvgIpc) is 2.92. The van der Waals surface area contributed by atoms with E-state index in [1.54, 1.807) is 11.5 Å². The van der Waals surface area contributed by atoms with E-state index in [0.29, 0.717) is 17.9 Å². The van der Waals surface area contributed by atoms with Crippen molar-refractivity contribution >= 4 is 11.2 Å². The highest BCUT2D eigenvalue weighted by Gasteiger charge is 2.35. The Labute approximate surface area is 107 Å².